The summed E-state index contributed by atoms with van der Waals surface area (Å²) in [5.41, 5.74) is 2.22. The molecule has 0 aliphatic heterocycles. The number of carbonyl (C=O) groups excluding carboxylic acids is 1. The standard InChI is InChI=1S/C15H18N4O3S/c1-19(2)23(21,22)8-7-18-15(20)13-5-3-12(4-6-13)14-9-16-11-17-10-14/h3-6,9-11H,7-8H2,1-2H3,(H,18,20). The lowest BCUT2D eigenvalue weighted by molar-refractivity contribution is 0.0956. The summed E-state index contributed by atoms with van der Waals surface area (Å²) in [4.78, 5) is 19.9. The van der Waals surface area contributed by atoms with Crippen LogP contribution in [-0.2, 0) is 10.0 Å². The fourth-order valence-corrected chi connectivity index (χ4v) is 2.57. The third-order valence-electron chi connectivity index (χ3n) is 3.24. The van der Waals surface area contributed by atoms with Crippen LogP contribution in [0.5, 0.6) is 0 Å². The minimum Gasteiger partial charge on any atom is -0.351 e. The molecule has 2 aromatic rings. The predicted octanol–water partition coefficient (Wildman–Crippen LogP) is 0.765. The van der Waals surface area contributed by atoms with Crippen LogP contribution < -0.4 is 5.32 Å². The van der Waals surface area contributed by atoms with Crippen molar-refractivity contribution in [3.63, 3.8) is 0 Å². The Morgan fingerprint density at radius 1 is 1.09 bits per heavy atom. The first-order chi connectivity index (χ1) is 10.9. The quantitative estimate of drug-likeness (QED) is 0.842. The second kappa shape index (κ2) is 7.30. The molecule has 1 N–H and O–H groups in total. The van der Waals surface area contributed by atoms with Gasteiger partial charge in [-0.3, -0.25) is 4.79 Å². The van der Waals surface area contributed by atoms with Crippen LogP contribution in [0.1, 0.15) is 10.4 Å². The highest BCUT2D eigenvalue weighted by Gasteiger charge is 2.14. The molecule has 0 radical (unpaired) electrons. The van der Waals surface area contributed by atoms with Gasteiger partial charge in [-0.1, -0.05) is 12.1 Å². The fraction of sp³-hybridized carbons (Fsp3) is 0.267. The molecule has 1 amide bonds. The molecule has 0 saturated carbocycles. The average molecular weight is 334 g/mol. The Morgan fingerprint density at radius 3 is 2.26 bits per heavy atom. The van der Waals surface area contributed by atoms with E-state index in [9.17, 15) is 13.2 Å². The van der Waals surface area contributed by atoms with Crippen molar-refractivity contribution >= 4 is 15.9 Å². The van der Waals surface area contributed by atoms with E-state index in [1.54, 1.807) is 36.7 Å². The number of nitrogens with zero attached hydrogens (tertiary/aromatic N) is 3. The van der Waals surface area contributed by atoms with Crippen molar-refractivity contribution in [1.82, 2.24) is 19.6 Å². The van der Waals surface area contributed by atoms with Gasteiger partial charge in [-0.05, 0) is 17.7 Å². The molecule has 0 atom stereocenters. The van der Waals surface area contributed by atoms with E-state index in [2.05, 4.69) is 15.3 Å². The SMILES string of the molecule is CN(C)S(=O)(=O)CCNC(=O)c1ccc(-c2cncnc2)cc1. The molecule has 0 spiro atoms. The summed E-state index contributed by atoms with van der Waals surface area (Å²) in [6, 6.07) is 6.95. The molecule has 1 aromatic carbocycles. The predicted molar refractivity (Wildman–Crippen MR) is 87.3 cm³/mol. The molecule has 0 unspecified atom stereocenters. The van der Waals surface area contributed by atoms with Gasteiger partial charge in [0, 0.05) is 44.2 Å². The van der Waals surface area contributed by atoms with Crippen LogP contribution in [-0.4, -0.2) is 55.0 Å². The summed E-state index contributed by atoms with van der Waals surface area (Å²) in [6.07, 6.45) is 4.83. The van der Waals surface area contributed by atoms with Gasteiger partial charge in [0.15, 0.2) is 0 Å². The van der Waals surface area contributed by atoms with Gasteiger partial charge in [0.1, 0.15) is 6.33 Å². The monoisotopic (exact) mass is 334 g/mol. The molecule has 0 saturated heterocycles. The van der Waals surface area contributed by atoms with Gasteiger partial charge in [-0.15, -0.1) is 0 Å². The zero-order valence-electron chi connectivity index (χ0n) is 12.9. The molecule has 122 valence electrons. The van der Waals surface area contributed by atoms with Crippen molar-refractivity contribution in [3.05, 3.63) is 48.5 Å². The number of aromatic nitrogens is 2. The number of amides is 1. The van der Waals surface area contributed by atoms with Gasteiger partial charge >= 0.3 is 0 Å². The highest BCUT2D eigenvalue weighted by atomic mass is 32.2. The first kappa shape index (κ1) is 17.0. The maximum Gasteiger partial charge on any atom is 0.251 e. The Labute approximate surface area is 135 Å². The number of hydrogen-bond acceptors (Lipinski definition) is 5. The lowest BCUT2D eigenvalue weighted by Crippen LogP contribution is -2.33. The van der Waals surface area contributed by atoms with Crippen molar-refractivity contribution in [3.8, 4) is 11.1 Å². The molecule has 23 heavy (non-hydrogen) atoms. The Kier molecular flexibility index (Phi) is 5.41. The number of nitrogens with one attached hydrogen (secondary N) is 1. The minimum absolute atomic E-state index is 0.0631. The van der Waals surface area contributed by atoms with Crippen molar-refractivity contribution in [1.29, 1.82) is 0 Å². The van der Waals surface area contributed by atoms with Crippen molar-refractivity contribution in [2.75, 3.05) is 26.4 Å². The topological polar surface area (TPSA) is 92.3 Å². The van der Waals surface area contributed by atoms with E-state index in [4.69, 9.17) is 0 Å². The van der Waals surface area contributed by atoms with Crippen LogP contribution in [0.2, 0.25) is 0 Å². The van der Waals surface area contributed by atoms with E-state index in [-0.39, 0.29) is 18.2 Å². The normalized spacial score (nSPS) is 11.4. The second-order valence-corrected chi connectivity index (χ2v) is 7.36. The van der Waals surface area contributed by atoms with E-state index >= 15 is 0 Å². The van der Waals surface area contributed by atoms with Gasteiger partial charge in [-0.2, -0.15) is 0 Å². The van der Waals surface area contributed by atoms with Gasteiger partial charge < -0.3 is 5.32 Å². The summed E-state index contributed by atoms with van der Waals surface area (Å²) in [5, 5.41) is 2.60. The van der Waals surface area contributed by atoms with E-state index in [0.29, 0.717) is 5.56 Å². The zero-order chi connectivity index (χ0) is 16.9. The summed E-state index contributed by atoms with van der Waals surface area (Å²) < 4.78 is 24.4. The molecule has 1 aromatic heterocycles. The molecule has 1 heterocycles. The van der Waals surface area contributed by atoms with Crippen LogP contribution in [0.3, 0.4) is 0 Å². The van der Waals surface area contributed by atoms with Gasteiger partial charge in [0.2, 0.25) is 10.0 Å². The van der Waals surface area contributed by atoms with E-state index in [1.807, 2.05) is 0 Å². The number of rotatable bonds is 6. The number of hydrogen-bond donors (Lipinski definition) is 1. The Hall–Kier alpha value is -2.32. The number of carbonyl (C=O) groups is 1. The summed E-state index contributed by atoms with van der Waals surface area (Å²) in [7, 11) is -0.391. The Morgan fingerprint density at radius 2 is 1.70 bits per heavy atom. The second-order valence-electron chi connectivity index (χ2n) is 5.06. The highest BCUT2D eigenvalue weighted by Crippen LogP contribution is 2.17. The first-order valence-electron chi connectivity index (χ1n) is 6.94. The lowest BCUT2D eigenvalue weighted by Gasteiger charge is -2.11. The molecule has 0 aliphatic carbocycles. The highest BCUT2D eigenvalue weighted by molar-refractivity contribution is 7.89. The van der Waals surface area contributed by atoms with Crippen LogP contribution in [0.15, 0.2) is 43.0 Å². The lowest BCUT2D eigenvalue weighted by atomic mass is 10.1. The van der Waals surface area contributed by atoms with Crippen LogP contribution in [0.4, 0.5) is 0 Å². The van der Waals surface area contributed by atoms with Crippen molar-refractivity contribution in [2.45, 2.75) is 0 Å². The molecule has 7 nitrogen and oxygen atoms in total. The Bertz CT molecular complexity index is 759. The number of sulfonamides is 1. The first-order valence-corrected chi connectivity index (χ1v) is 8.55. The summed E-state index contributed by atoms with van der Waals surface area (Å²) in [6.45, 7) is 0.0631. The molecule has 2 rings (SSSR count). The molecule has 0 aliphatic rings. The zero-order valence-corrected chi connectivity index (χ0v) is 13.7. The third kappa shape index (κ3) is 4.57. The van der Waals surface area contributed by atoms with E-state index < -0.39 is 10.0 Å². The van der Waals surface area contributed by atoms with Crippen LogP contribution in [0.25, 0.3) is 11.1 Å². The third-order valence-corrected chi connectivity index (χ3v) is 5.08. The van der Waals surface area contributed by atoms with E-state index in [0.717, 1.165) is 15.4 Å². The maximum absolute atomic E-state index is 12.0. The molecule has 0 fully saturated rings. The van der Waals surface area contributed by atoms with Crippen LogP contribution in [0, 0.1) is 0 Å². The average Bonchev–Trinajstić information content (AvgIpc) is 2.55. The van der Waals surface area contributed by atoms with Gasteiger partial charge in [-0.25, -0.2) is 22.7 Å². The van der Waals surface area contributed by atoms with Gasteiger partial charge in [0.05, 0.1) is 5.75 Å². The van der Waals surface area contributed by atoms with Crippen LogP contribution >= 0.6 is 0 Å². The molecule has 8 heteroatoms. The summed E-state index contributed by atoms with van der Waals surface area (Å²) >= 11 is 0. The minimum atomic E-state index is -3.31. The van der Waals surface area contributed by atoms with Crippen molar-refractivity contribution < 1.29 is 13.2 Å². The van der Waals surface area contributed by atoms with Gasteiger partial charge in [0.25, 0.3) is 5.91 Å². The molecular formula is C15H18N4O3S. The number of benzene rings is 1. The Balaban J connectivity index is 1.96. The van der Waals surface area contributed by atoms with Crippen molar-refractivity contribution in [2.24, 2.45) is 0 Å². The smallest absolute Gasteiger partial charge is 0.251 e. The molecule has 0 bridgehead atoms. The van der Waals surface area contributed by atoms with E-state index in [1.165, 1.54) is 20.4 Å². The summed E-state index contributed by atoms with van der Waals surface area (Å²) in [5.74, 6) is -0.444. The fourth-order valence-electron chi connectivity index (χ4n) is 1.84. The maximum atomic E-state index is 12.0. The molecular weight excluding hydrogens is 316 g/mol. The largest absolute Gasteiger partial charge is 0.351 e.